The summed E-state index contributed by atoms with van der Waals surface area (Å²) >= 11 is 0. The van der Waals surface area contributed by atoms with Crippen LogP contribution in [0.25, 0.3) is 5.82 Å². The Kier molecular flexibility index (Phi) is 4.04. The third kappa shape index (κ3) is 3.13. The minimum atomic E-state index is 0.470. The van der Waals surface area contributed by atoms with Crippen LogP contribution in [0.1, 0.15) is 32.0 Å². The molecule has 0 aromatic carbocycles. The van der Waals surface area contributed by atoms with Crippen LogP contribution in [0.2, 0.25) is 0 Å². The maximum absolute atomic E-state index is 4.55. The normalized spacial score (nSPS) is 11.1. The lowest BCUT2D eigenvalue weighted by molar-refractivity contribution is 0.587. The molecule has 18 heavy (non-hydrogen) atoms. The summed E-state index contributed by atoms with van der Waals surface area (Å²) in [5.74, 6) is 0.826. The summed E-state index contributed by atoms with van der Waals surface area (Å²) in [6, 6.07) is 4.65. The second kappa shape index (κ2) is 5.73. The van der Waals surface area contributed by atoms with Gasteiger partial charge in [0.25, 0.3) is 0 Å². The molecule has 2 heterocycles. The number of pyridine rings is 1. The molecule has 2 aromatic heterocycles. The minimum Gasteiger partial charge on any atom is -0.310 e. The van der Waals surface area contributed by atoms with Gasteiger partial charge in [0, 0.05) is 18.3 Å². The highest BCUT2D eigenvalue weighted by Crippen LogP contribution is 2.10. The van der Waals surface area contributed by atoms with Crippen LogP contribution in [0.4, 0.5) is 0 Å². The van der Waals surface area contributed by atoms with Crippen LogP contribution in [-0.4, -0.2) is 25.8 Å². The molecule has 0 aliphatic rings. The zero-order valence-electron chi connectivity index (χ0n) is 11.1. The molecule has 2 aromatic rings. The fraction of sp³-hybridized carbons (Fsp3) is 0.462. The van der Waals surface area contributed by atoms with Crippen molar-refractivity contribution in [3.8, 4) is 5.82 Å². The average Bonchev–Trinajstić information content (AvgIpc) is 2.89. The van der Waals surface area contributed by atoms with Crippen molar-refractivity contribution in [2.24, 2.45) is 0 Å². The molecule has 0 saturated carbocycles. The fourth-order valence-corrected chi connectivity index (χ4v) is 1.68. The van der Waals surface area contributed by atoms with Crippen molar-refractivity contribution in [2.75, 3.05) is 0 Å². The lowest BCUT2D eigenvalue weighted by atomic mass is 10.2. The maximum atomic E-state index is 4.55. The fourth-order valence-electron chi connectivity index (χ4n) is 1.68. The molecular weight excluding hydrogens is 226 g/mol. The molecule has 2 rings (SSSR count). The van der Waals surface area contributed by atoms with Crippen molar-refractivity contribution < 1.29 is 0 Å². The topological polar surface area (TPSA) is 55.6 Å². The van der Waals surface area contributed by atoms with E-state index in [0.29, 0.717) is 6.04 Å². The van der Waals surface area contributed by atoms with Gasteiger partial charge in [-0.2, -0.15) is 5.10 Å². The standard InChI is InChI=1S/C13H19N5/c1-4-12-5-11(7-15-10(2)3)6-13(17-12)18-9-14-8-16-18/h5-6,8-10,15H,4,7H2,1-3H3. The highest BCUT2D eigenvalue weighted by atomic mass is 15.3. The van der Waals surface area contributed by atoms with Gasteiger partial charge in [-0.1, -0.05) is 20.8 Å². The number of nitrogens with zero attached hydrogens (tertiary/aromatic N) is 4. The molecule has 0 aliphatic heterocycles. The molecule has 0 saturated heterocycles. The van der Waals surface area contributed by atoms with E-state index in [4.69, 9.17) is 0 Å². The Bertz CT molecular complexity index is 490. The highest BCUT2D eigenvalue weighted by molar-refractivity contribution is 5.30. The quantitative estimate of drug-likeness (QED) is 0.871. The minimum absolute atomic E-state index is 0.470. The van der Waals surface area contributed by atoms with Crippen molar-refractivity contribution in [2.45, 2.75) is 39.8 Å². The van der Waals surface area contributed by atoms with Crippen LogP contribution in [0.3, 0.4) is 0 Å². The Morgan fingerprint density at radius 3 is 2.78 bits per heavy atom. The number of rotatable bonds is 5. The summed E-state index contributed by atoms with van der Waals surface area (Å²) in [6.45, 7) is 7.22. The summed E-state index contributed by atoms with van der Waals surface area (Å²) in [5.41, 5.74) is 2.30. The SMILES string of the molecule is CCc1cc(CNC(C)C)cc(-n2cncn2)n1. The summed E-state index contributed by atoms with van der Waals surface area (Å²) in [7, 11) is 0. The number of nitrogens with one attached hydrogen (secondary N) is 1. The highest BCUT2D eigenvalue weighted by Gasteiger charge is 2.05. The smallest absolute Gasteiger partial charge is 0.155 e. The second-order valence-electron chi connectivity index (χ2n) is 4.55. The van der Waals surface area contributed by atoms with E-state index in [9.17, 15) is 0 Å². The summed E-state index contributed by atoms with van der Waals surface area (Å²) < 4.78 is 1.69. The Morgan fingerprint density at radius 1 is 1.33 bits per heavy atom. The summed E-state index contributed by atoms with van der Waals surface area (Å²) in [5, 5.41) is 7.53. The van der Waals surface area contributed by atoms with E-state index in [1.54, 1.807) is 11.0 Å². The van der Waals surface area contributed by atoms with Crippen molar-refractivity contribution in [1.82, 2.24) is 25.1 Å². The Hall–Kier alpha value is -1.75. The first-order chi connectivity index (χ1) is 8.69. The number of aryl methyl sites for hydroxylation is 1. The van der Waals surface area contributed by atoms with Crippen molar-refractivity contribution >= 4 is 0 Å². The van der Waals surface area contributed by atoms with Crippen LogP contribution in [-0.2, 0) is 13.0 Å². The molecule has 0 spiro atoms. The van der Waals surface area contributed by atoms with Crippen LogP contribution >= 0.6 is 0 Å². The Morgan fingerprint density at radius 2 is 2.17 bits per heavy atom. The van der Waals surface area contributed by atoms with E-state index in [1.165, 1.54) is 11.9 Å². The van der Waals surface area contributed by atoms with E-state index in [-0.39, 0.29) is 0 Å². The van der Waals surface area contributed by atoms with Gasteiger partial charge in [0.15, 0.2) is 5.82 Å². The van der Waals surface area contributed by atoms with E-state index in [0.717, 1.165) is 24.5 Å². The molecule has 5 nitrogen and oxygen atoms in total. The van der Waals surface area contributed by atoms with Gasteiger partial charge in [0.05, 0.1) is 0 Å². The van der Waals surface area contributed by atoms with Crippen LogP contribution in [0.15, 0.2) is 24.8 Å². The van der Waals surface area contributed by atoms with Gasteiger partial charge in [-0.3, -0.25) is 0 Å². The first-order valence-corrected chi connectivity index (χ1v) is 6.27. The van der Waals surface area contributed by atoms with Gasteiger partial charge in [-0.05, 0) is 24.1 Å². The van der Waals surface area contributed by atoms with E-state index in [2.05, 4.69) is 47.2 Å². The lowest BCUT2D eigenvalue weighted by Crippen LogP contribution is -2.22. The van der Waals surface area contributed by atoms with Crippen molar-refractivity contribution in [1.29, 1.82) is 0 Å². The molecular formula is C13H19N5. The average molecular weight is 245 g/mol. The third-order valence-corrected chi connectivity index (χ3v) is 2.65. The molecule has 0 amide bonds. The third-order valence-electron chi connectivity index (χ3n) is 2.65. The molecule has 0 unspecified atom stereocenters. The zero-order valence-corrected chi connectivity index (χ0v) is 11.1. The van der Waals surface area contributed by atoms with Gasteiger partial charge in [-0.25, -0.2) is 14.6 Å². The summed E-state index contributed by atoms with van der Waals surface area (Å²) in [4.78, 5) is 8.51. The Labute approximate surface area is 107 Å². The number of hydrogen-bond donors (Lipinski definition) is 1. The monoisotopic (exact) mass is 245 g/mol. The maximum Gasteiger partial charge on any atom is 0.155 e. The first kappa shape index (κ1) is 12.7. The van der Waals surface area contributed by atoms with Crippen molar-refractivity contribution in [3.63, 3.8) is 0 Å². The van der Waals surface area contributed by atoms with Crippen LogP contribution in [0.5, 0.6) is 0 Å². The predicted octanol–water partition coefficient (Wildman–Crippen LogP) is 1.72. The molecule has 96 valence electrons. The second-order valence-corrected chi connectivity index (χ2v) is 4.55. The van der Waals surface area contributed by atoms with Gasteiger partial charge in [-0.15, -0.1) is 0 Å². The van der Waals surface area contributed by atoms with E-state index >= 15 is 0 Å². The molecule has 0 radical (unpaired) electrons. The van der Waals surface area contributed by atoms with Gasteiger partial charge < -0.3 is 5.32 Å². The van der Waals surface area contributed by atoms with Crippen LogP contribution in [0, 0.1) is 0 Å². The Balaban J connectivity index is 2.27. The van der Waals surface area contributed by atoms with Gasteiger partial charge in [0.2, 0.25) is 0 Å². The van der Waals surface area contributed by atoms with Crippen molar-refractivity contribution in [3.05, 3.63) is 36.0 Å². The molecule has 0 atom stereocenters. The predicted molar refractivity (Wildman–Crippen MR) is 70.5 cm³/mol. The number of hydrogen-bond acceptors (Lipinski definition) is 4. The zero-order chi connectivity index (χ0) is 13.0. The van der Waals surface area contributed by atoms with E-state index < -0.39 is 0 Å². The number of aromatic nitrogens is 4. The van der Waals surface area contributed by atoms with Gasteiger partial charge in [0.1, 0.15) is 12.7 Å². The van der Waals surface area contributed by atoms with Crippen LogP contribution < -0.4 is 5.32 Å². The molecule has 5 heteroatoms. The lowest BCUT2D eigenvalue weighted by Gasteiger charge is -2.11. The largest absolute Gasteiger partial charge is 0.310 e. The van der Waals surface area contributed by atoms with E-state index in [1.807, 2.05) is 6.07 Å². The molecule has 1 N–H and O–H groups in total. The first-order valence-electron chi connectivity index (χ1n) is 6.27. The molecule has 0 fully saturated rings. The van der Waals surface area contributed by atoms with Gasteiger partial charge >= 0.3 is 0 Å². The summed E-state index contributed by atoms with van der Waals surface area (Å²) in [6.07, 6.45) is 4.10. The molecule has 0 bridgehead atoms. The molecule has 0 aliphatic carbocycles.